The van der Waals surface area contributed by atoms with Gasteiger partial charge in [0.25, 0.3) is 0 Å². The Bertz CT molecular complexity index is 353. The molecule has 1 N–H and O–H groups in total. The molecule has 0 aliphatic carbocycles. The Morgan fingerprint density at radius 1 is 1.17 bits per heavy atom. The average molecular weight is 264 g/mol. The Hall–Kier alpha value is -1.27. The Balaban J connectivity index is 2.14. The summed E-state index contributed by atoms with van der Waals surface area (Å²) in [6, 6.07) is 6.88. The quantitative estimate of drug-likeness (QED) is 0.769. The highest BCUT2D eigenvalue weighted by Gasteiger charge is 2.27. The van der Waals surface area contributed by atoms with Gasteiger partial charge in [-0.05, 0) is 17.7 Å². The standard InChI is InChI=1S/C12H15F3O3/c13-12(14,15)9-17-5-2-6-18-11-4-1-3-10(7-11)8-16/h1,3-4,7,16H,2,5-6,8-9H2. The monoisotopic (exact) mass is 264 g/mol. The van der Waals surface area contributed by atoms with E-state index in [2.05, 4.69) is 4.74 Å². The van der Waals surface area contributed by atoms with Crippen molar-refractivity contribution < 1.29 is 27.8 Å². The average Bonchev–Trinajstić information content (AvgIpc) is 2.32. The number of halogens is 3. The Kier molecular flexibility index (Phi) is 5.94. The normalized spacial score (nSPS) is 11.6. The molecule has 0 aliphatic rings. The predicted molar refractivity (Wildman–Crippen MR) is 59.4 cm³/mol. The van der Waals surface area contributed by atoms with Crippen molar-refractivity contribution in [2.24, 2.45) is 0 Å². The van der Waals surface area contributed by atoms with Crippen LogP contribution in [-0.2, 0) is 11.3 Å². The fraction of sp³-hybridized carbons (Fsp3) is 0.500. The van der Waals surface area contributed by atoms with E-state index in [0.29, 0.717) is 12.2 Å². The number of hydrogen-bond donors (Lipinski definition) is 1. The van der Waals surface area contributed by atoms with Gasteiger partial charge in [0.1, 0.15) is 12.4 Å². The van der Waals surface area contributed by atoms with Crippen molar-refractivity contribution in [3.8, 4) is 5.75 Å². The lowest BCUT2D eigenvalue weighted by atomic mass is 10.2. The molecule has 1 aromatic rings. The summed E-state index contributed by atoms with van der Waals surface area (Å²) in [4.78, 5) is 0. The van der Waals surface area contributed by atoms with Gasteiger partial charge in [0.15, 0.2) is 0 Å². The number of rotatable bonds is 7. The van der Waals surface area contributed by atoms with Crippen molar-refractivity contribution in [2.75, 3.05) is 19.8 Å². The van der Waals surface area contributed by atoms with Gasteiger partial charge in [0, 0.05) is 6.42 Å². The van der Waals surface area contributed by atoms with Crippen molar-refractivity contribution in [1.82, 2.24) is 0 Å². The van der Waals surface area contributed by atoms with E-state index in [1.54, 1.807) is 24.3 Å². The zero-order chi connectivity index (χ0) is 13.4. The number of hydrogen-bond acceptors (Lipinski definition) is 3. The van der Waals surface area contributed by atoms with E-state index in [-0.39, 0.29) is 19.8 Å². The van der Waals surface area contributed by atoms with E-state index in [1.165, 1.54) is 0 Å². The lowest BCUT2D eigenvalue weighted by molar-refractivity contribution is -0.174. The molecular weight excluding hydrogens is 249 g/mol. The first kappa shape index (κ1) is 14.8. The first-order valence-corrected chi connectivity index (χ1v) is 5.48. The van der Waals surface area contributed by atoms with Gasteiger partial charge in [-0.25, -0.2) is 0 Å². The van der Waals surface area contributed by atoms with E-state index in [0.717, 1.165) is 5.56 Å². The number of aliphatic hydroxyl groups is 1. The smallest absolute Gasteiger partial charge is 0.411 e. The van der Waals surface area contributed by atoms with E-state index < -0.39 is 12.8 Å². The van der Waals surface area contributed by atoms with Crippen LogP contribution in [0.1, 0.15) is 12.0 Å². The molecule has 6 heteroatoms. The van der Waals surface area contributed by atoms with Crippen LogP contribution in [0.5, 0.6) is 5.75 Å². The molecular formula is C12H15F3O3. The molecule has 0 amide bonds. The van der Waals surface area contributed by atoms with Crippen LogP contribution in [0.4, 0.5) is 13.2 Å². The zero-order valence-electron chi connectivity index (χ0n) is 9.74. The summed E-state index contributed by atoms with van der Waals surface area (Å²) < 4.78 is 44.9. The molecule has 1 rings (SSSR count). The van der Waals surface area contributed by atoms with E-state index in [4.69, 9.17) is 9.84 Å². The van der Waals surface area contributed by atoms with Crippen molar-refractivity contribution in [1.29, 1.82) is 0 Å². The summed E-state index contributed by atoms with van der Waals surface area (Å²) >= 11 is 0. The third-order valence-electron chi connectivity index (χ3n) is 2.05. The minimum absolute atomic E-state index is 0.000793. The summed E-state index contributed by atoms with van der Waals surface area (Å²) in [5.74, 6) is 0.581. The van der Waals surface area contributed by atoms with Gasteiger partial charge in [0.05, 0.1) is 19.8 Å². The van der Waals surface area contributed by atoms with E-state index >= 15 is 0 Å². The third-order valence-corrected chi connectivity index (χ3v) is 2.05. The molecule has 0 bridgehead atoms. The second-order valence-electron chi connectivity index (χ2n) is 3.68. The summed E-state index contributed by atoms with van der Waals surface area (Å²) in [7, 11) is 0. The Morgan fingerprint density at radius 2 is 1.94 bits per heavy atom. The molecule has 3 nitrogen and oxygen atoms in total. The first-order valence-electron chi connectivity index (χ1n) is 5.48. The molecule has 0 saturated heterocycles. The molecule has 0 saturated carbocycles. The van der Waals surface area contributed by atoms with Crippen LogP contribution in [-0.4, -0.2) is 31.1 Å². The lowest BCUT2D eigenvalue weighted by Crippen LogP contribution is -2.18. The molecule has 0 unspecified atom stereocenters. The van der Waals surface area contributed by atoms with Crippen molar-refractivity contribution >= 4 is 0 Å². The topological polar surface area (TPSA) is 38.7 Å². The minimum Gasteiger partial charge on any atom is -0.493 e. The maximum absolute atomic E-state index is 11.7. The highest BCUT2D eigenvalue weighted by Crippen LogP contribution is 2.15. The van der Waals surface area contributed by atoms with Crippen LogP contribution in [0.2, 0.25) is 0 Å². The highest BCUT2D eigenvalue weighted by atomic mass is 19.4. The van der Waals surface area contributed by atoms with Gasteiger partial charge in [0.2, 0.25) is 0 Å². The molecule has 0 heterocycles. The predicted octanol–water partition coefficient (Wildman–Crippen LogP) is 2.53. The molecule has 0 aliphatic heterocycles. The molecule has 0 atom stereocenters. The summed E-state index contributed by atoms with van der Waals surface area (Å²) in [5, 5.41) is 8.90. The van der Waals surface area contributed by atoms with Crippen LogP contribution in [0.3, 0.4) is 0 Å². The highest BCUT2D eigenvalue weighted by molar-refractivity contribution is 5.27. The van der Waals surface area contributed by atoms with E-state index in [1.807, 2.05) is 0 Å². The fourth-order valence-corrected chi connectivity index (χ4v) is 1.27. The maximum Gasteiger partial charge on any atom is 0.411 e. The Labute approximate surface area is 103 Å². The summed E-state index contributed by atoms with van der Waals surface area (Å²) in [6.07, 6.45) is -3.91. The molecule has 0 aromatic heterocycles. The van der Waals surface area contributed by atoms with Crippen molar-refractivity contribution in [3.63, 3.8) is 0 Å². The van der Waals surface area contributed by atoms with Crippen LogP contribution in [0.25, 0.3) is 0 Å². The van der Waals surface area contributed by atoms with Gasteiger partial charge in [-0.15, -0.1) is 0 Å². The van der Waals surface area contributed by atoms with Gasteiger partial charge in [-0.3, -0.25) is 0 Å². The summed E-state index contributed by atoms with van der Waals surface area (Å²) in [6.45, 7) is -1.04. The van der Waals surface area contributed by atoms with Crippen LogP contribution in [0.15, 0.2) is 24.3 Å². The maximum atomic E-state index is 11.7. The SMILES string of the molecule is OCc1cccc(OCCCOCC(F)(F)F)c1. The number of ether oxygens (including phenoxy) is 2. The number of benzene rings is 1. The van der Waals surface area contributed by atoms with Crippen LogP contribution >= 0.6 is 0 Å². The molecule has 0 radical (unpaired) electrons. The second kappa shape index (κ2) is 7.23. The molecule has 1 aromatic carbocycles. The Morgan fingerprint density at radius 3 is 2.61 bits per heavy atom. The molecule has 0 fully saturated rings. The third kappa shape index (κ3) is 6.46. The molecule has 102 valence electrons. The number of alkyl halides is 3. The van der Waals surface area contributed by atoms with Crippen molar-refractivity contribution in [2.45, 2.75) is 19.2 Å². The van der Waals surface area contributed by atoms with Gasteiger partial charge in [-0.2, -0.15) is 13.2 Å². The lowest BCUT2D eigenvalue weighted by Gasteiger charge is -2.09. The molecule has 18 heavy (non-hydrogen) atoms. The largest absolute Gasteiger partial charge is 0.493 e. The van der Waals surface area contributed by atoms with E-state index in [9.17, 15) is 13.2 Å². The van der Waals surface area contributed by atoms with Crippen LogP contribution in [0, 0.1) is 0 Å². The van der Waals surface area contributed by atoms with Gasteiger partial charge >= 0.3 is 6.18 Å². The second-order valence-corrected chi connectivity index (χ2v) is 3.68. The molecule has 0 spiro atoms. The van der Waals surface area contributed by atoms with Gasteiger partial charge in [-0.1, -0.05) is 12.1 Å². The summed E-state index contributed by atoms with van der Waals surface area (Å²) in [5.41, 5.74) is 0.723. The van der Waals surface area contributed by atoms with Crippen molar-refractivity contribution in [3.05, 3.63) is 29.8 Å². The fourth-order valence-electron chi connectivity index (χ4n) is 1.27. The van der Waals surface area contributed by atoms with Gasteiger partial charge < -0.3 is 14.6 Å². The van der Waals surface area contributed by atoms with Crippen LogP contribution < -0.4 is 4.74 Å². The number of aliphatic hydroxyl groups excluding tert-OH is 1. The zero-order valence-corrected chi connectivity index (χ0v) is 9.74. The first-order chi connectivity index (χ1) is 8.51. The minimum atomic E-state index is -4.28.